The van der Waals surface area contributed by atoms with Crippen LogP contribution in [-0.2, 0) is 16.0 Å². The van der Waals surface area contributed by atoms with Crippen LogP contribution in [0.5, 0.6) is 0 Å². The molecule has 3 rings (SSSR count). The van der Waals surface area contributed by atoms with Gasteiger partial charge in [-0.3, -0.25) is 9.69 Å². The molecule has 2 aliphatic rings. The van der Waals surface area contributed by atoms with E-state index in [1.807, 2.05) is 24.1 Å². The van der Waals surface area contributed by atoms with Crippen molar-refractivity contribution in [3.63, 3.8) is 0 Å². The number of benzene rings is 1. The third-order valence-electron chi connectivity index (χ3n) is 5.94. The van der Waals surface area contributed by atoms with E-state index in [1.165, 1.54) is 24.9 Å². The molecule has 2 fully saturated rings. The lowest BCUT2D eigenvalue weighted by Crippen LogP contribution is -2.43. The van der Waals surface area contributed by atoms with E-state index >= 15 is 0 Å². The maximum atomic E-state index is 12.5. The Bertz CT molecular complexity index is 604. The van der Waals surface area contributed by atoms with Gasteiger partial charge in [-0.15, -0.1) is 0 Å². The maximum Gasteiger partial charge on any atom is 0.223 e. The highest BCUT2D eigenvalue weighted by molar-refractivity contribution is 6.30. The Kier molecular flexibility index (Phi) is 8.59. The summed E-state index contributed by atoms with van der Waals surface area (Å²) in [6, 6.07) is 8.16. The van der Waals surface area contributed by atoms with Crippen LogP contribution in [0.1, 0.15) is 24.8 Å². The van der Waals surface area contributed by atoms with Gasteiger partial charge < -0.3 is 14.5 Å². The molecule has 0 bridgehead atoms. The van der Waals surface area contributed by atoms with E-state index in [-0.39, 0.29) is 5.91 Å². The van der Waals surface area contributed by atoms with Crippen molar-refractivity contribution < 1.29 is 9.53 Å². The van der Waals surface area contributed by atoms with Gasteiger partial charge in [0.15, 0.2) is 0 Å². The van der Waals surface area contributed by atoms with E-state index < -0.39 is 0 Å². The molecule has 1 amide bonds. The molecule has 2 saturated heterocycles. The van der Waals surface area contributed by atoms with Gasteiger partial charge in [0.05, 0.1) is 13.2 Å². The molecule has 1 unspecified atom stereocenters. The minimum atomic E-state index is 0.268. The second-order valence-electron chi connectivity index (χ2n) is 8.16. The van der Waals surface area contributed by atoms with Crippen molar-refractivity contribution in [2.24, 2.45) is 5.92 Å². The number of ether oxygens (including phenoxy) is 1. The zero-order chi connectivity index (χ0) is 19.8. The molecule has 0 N–H and O–H groups in total. The fourth-order valence-electron chi connectivity index (χ4n) is 4.20. The summed E-state index contributed by atoms with van der Waals surface area (Å²) in [6.45, 7) is 8.53. The predicted molar refractivity (Wildman–Crippen MR) is 114 cm³/mol. The van der Waals surface area contributed by atoms with Crippen LogP contribution in [0, 0.1) is 5.92 Å². The SMILES string of the molecule is CN(CC1CCCN(CCc2ccc(Cl)cc2)C1)C(=O)CCN1CCOCC1. The summed E-state index contributed by atoms with van der Waals surface area (Å²) in [5, 5.41) is 0.795. The Balaban J connectivity index is 1.37. The summed E-state index contributed by atoms with van der Waals surface area (Å²) in [7, 11) is 1.97. The largest absolute Gasteiger partial charge is 0.379 e. The van der Waals surface area contributed by atoms with Gasteiger partial charge >= 0.3 is 0 Å². The fraction of sp³-hybridized carbons (Fsp3) is 0.682. The molecule has 1 atom stereocenters. The first-order chi connectivity index (χ1) is 13.6. The quantitative estimate of drug-likeness (QED) is 0.663. The van der Waals surface area contributed by atoms with Crippen LogP contribution >= 0.6 is 11.6 Å². The summed E-state index contributed by atoms with van der Waals surface area (Å²) in [4.78, 5) is 19.4. The van der Waals surface area contributed by atoms with Crippen molar-refractivity contribution in [1.82, 2.24) is 14.7 Å². The molecular weight excluding hydrogens is 374 g/mol. The number of hydrogen-bond donors (Lipinski definition) is 0. The zero-order valence-corrected chi connectivity index (χ0v) is 17.9. The number of carbonyl (C=O) groups excluding carboxylic acids is 1. The number of amides is 1. The van der Waals surface area contributed by atoms with E-state index in [0.29, 0.717) is 12.3 Å². The number of hydrogen-bond acceptors (Lipinski definition) is 4. The molecule has 0 radical (unpaired) electrons. The van der Waals surface area contributed by atoms with E-state index in [1.54, 1.807) is 0 Å². The average Bonchev–Trinajstić information content (AvgIpc) is 2.72. The highest BCUT2D eigenvalue weighted by Crippen LogP contribution is 2.18. The van der Waals surface area contributed by atoms with Crippen molar-refractivity contribution in [2.75, 3.05) is 66.1 Å². The van der Waals surface area contributed by atoms with Gasteiger partial charge in [-0.1, -0.05) is 23.7 Å². The number of halogens is 1. The number of piperidine rings is 1. The Morgan fingerprint density at radius 1 is 1.14 bits per heavy atom. The second-order valence-corrected chi connectivity index (χ2v) is 8.60. The zero-order valence-electron chi connectivity index (χ0n) is 17.1. The van der Waals surface area contributed by atoms with Gasteiger partial charge in [0.25, 0.3) is 0 Å². The Morgan fingerprint density at radius 2 is 1.89 bits per heavy atom. The molecule has 156 valence electrons. The molecule has 0 aliphatic carbocycles. The third-order valence-corrected chi connectivity index (χ3v) is 6.19. The lowest BCUT2D eigenvalue weighted by Gasteiger charge is -2.35. The third kappa shape index (κ3) is 7.03. The number of carbonyl (C=O) groups is 1. The molecule has 0 aromatic heterocycles. The normalized spacial score (nSPS) is 21.6. The summed E-state index contributed by atoms with van der Waals surface area (Å²) >= 11 is 5.97. The van der Waals surface area contributed by atoms with Crippen molar-refractivity contribution in [3.8, 4) is 0 Å². The Hall–Kier alpha value is -1.14. The van der Waals surface area contributed by atoms with Gasteiger partial charge in [0.2, 0.25) is 5.91 Å². The first-order valence-electron chi connectivity index (χ1n) is 10.6. The van der Waals surface area contributed by atoms with Crippen LogP contribution in [0.3, 0.4) is 0 Å². The topological polar surface area (TPSA) is 36.0 Å². The lowest BCUT2D eigenvalue weighted by molar-refractivity contribution is -0.131. The molecule has 28 heavy (non-hydrogen) atoms. The van der Waals surface area contributed by atoms with Crippen LogP contribution in [0.4, 0.5) is 0 Å². The molecular formula is C22H34ClN3O2. The monoisotopic (exact) mass is 407 g/mol. The standard InChI is InChI=1S/C22H34ClN3O2/c1-24(22(27)9-12-25-13-15-28-16-14-25)17-20-3-2-10-26(18-20)11-8-19-4-6-21(23)7-5-19/h4-7,20H,2-3,8-18H2,1H3. The van der Waals surface area contributed by atoms with Gasteiger partial charge in [-0.2, -0.15) is 0 Å². The van der Waals surface area contributed by atoms with Crippen LogP contribution in [0.25, 0.3) is 0 Å². The molecule has 0 saturated carbocycles. The summed E-state index contributed by atoms with van der Waals surface area (Å²) < 4.78 is 5.37. The first-order valence-corrected chi connectivity index (χ1v) is 11.0. The summed E-state index contributed by atoms with van der Waals surface area (Å²) in [5.74, 6) is 0.848. The van der Waals surface area contributed by atoms with E-state index in [0.717, 1.165) is 63.9 Å². The summed E-state index contributed by atoms with van der Waals surface area (Å²) in [5.41, 5.74) is 1.34. The van der Waals surface area contributed by atoms with Crippen molar-refractivity contribution in [3.05, 3.63) is 34.9 Å². The predicted octanol–water partition coefficient (Wildman–Crippen LogP) is 2.78. The van der Waals surface area contributed by atoms with Crippen molar-refractivity contribution in [2.45, 2.75) is 25.7 Å². The number of morpholine rings is 1. The number of likely N-dealkylation sites (tertiary alicyclic amines) is 1. The molecule has 2 heterocycles. The van der Waals surface area contributed by atoms with Crippen molar-refractivity contribution in [1.29, 1.82) is 0 Å². The molecule has 0 spiro atoms. The van der Waals surface area contributed by atoms with Crippen LogP contribution in [0.15, 0.2) is 24.3 Å². The molecule has 2 aliphatic heterocycles. The molecule has 6 heteroatoms. The molecule has 5 nitrogen and oxygen atoms in total. The van der Waals surface area contributed by atoms with Crippen LogP contribution < -0.4 is 0 Å². The highest BCUT2D eigenvalue weighted by Gasteiger charge is 2.23. The Morgan fingerprint density at radius 3 is 2.64 bits per heavy atom. The first kappa shape index (κ1) is 21.6. The average molecular weight is 408 g/mol. The minimum Gasteiger partial charge on any atom is -0.379 e. The van der Waals surface area contributed by atoms with Gasteiger partial charge in [-0.25, -0.2) is 0 Å². The second kappa shape index (κ2) is 11.1. The van der Waals surface area contributed by atoms with Crippen molar-refractivity contribution >= 4 is 17.5 Å². The fourth-order valence-corrected chi connectivity index (χ4v) is 4.33. The molecule has 1 aromatic rings. The maximum absolute atomic E-state index is 12.5. The number of rotatable bonds is 8. The number of nitrogens with zero attached hydrogens (tertiary/aromatic N) is 3. The molecule has 1 aromatic carbocycles. The van der Waals surface area contributed by atoms with Crippen LogP contribution in [0.2, 0.25) is 5.02 Å². The smallest absolute Gasteiger partial charge is 0.223 e. The van der Waals surface area contributed by atoms with Gasteiger partial charge in [-0.05, 0) is 49.4 Å². The van der Waals surface area contributed by atoms with E-state index in [2.05, 4.69) is 21.9 Å². The van der Waals surface area contributed by atoms with E-state index in [4.69, 9.17) is 16.3 Å². The highest BCUT2D eigenvalue weighted by atomic mass is 35.5. The van der Waals surface area contributed by atoms with Crippen LogP contribution in [-0.4, -0.2) is 86.7 Å². The Labute approximate surface area is 174 Å². The van der Waals surface area contributed by atoms with E-state index in [9.17, 15) is 4.79 Å². The summed E-state index contributed by atoms with van der Waals surface area (Å²) in [6.07, 6.45) is 4.11. The van der Waals surface area contributed by atoms with Gasteiger partial charge in [0.1, 0.15) is 0 Å². The lowest BCUT2D eigenvalue weighted by atomic mass is 9.97. The van der Waals surface area contributed by atoms with Gasteiger partial charge in [0, 0.05) is 57.8 Å². The minimum absolute atomic E-state index is 0.268.